The number of nitrogens with zero attached hydrogens (tertiary/aromatic N) is 3. The molecule has 0 aromatic heterocycles. The van der Waals surface area contributed by atoms with Crippen LogP contribution in [0.25, 0.3) is 0 Å². The van der Waals surface area contributed by atoms with E-state index in [2.05, 4.69) is 22.3 Å². The van der Waals surface area contributed by atoms with Gasteiger partial charge in [0.15, 0.2) is 0 Å². The molecular weight excluding hydrogens is 356 g/mol. The number of rotatable bonds is 5. The molecule has 0 spiro atoms. The third-order valence-electron chi connectivity index (χ3n) is 6.08. The summed E-state index contributed by atoms with van der Waals surface area (Å²) in [6.07, 6.45) is 5.22. The van der Waals surface area contributed by atoms with E-state index in [0.29, 0.717) is 32.6 Å². The lowest BCUT2D eigenvalue weighted by molar-refractivity contribution is -0.137. The van der Waals surface area contributed by atoms with Crippen LogP contribution in [-0.2, 0) is 14.4 Å². The van der Waals surface area contributed by atoms with Crippen LogP contribution in [0.2, 0.25) is 0 Å². The first-order chi connectivity index (χ1) is 13.7. The molecule has 3 amide bonds. The fraction of sp³-hybridized carbons (Fsp3) is 0.571. The van der Waals surface area contributed by atoms with Crippen LogP contribution in [0.15, 0.2) is 24.3 Å². The summed E-state index contributed by atoms with van der Waals surface area (Å²) in [5.41, 5.74) is 1.98. The number of piperidine rings is 1. The van der Waals surface area contributed by atoms with E-state index in [4.69, 9.17) is 0 Å². The summed E-state index contributed by atoms with van der Waals surface area (Å²) in [7, 11) is 0. The molecule has 28 heavy (non-hydrogen) atoms. The van der Waals surface area contributed by atoms with E-state index < -0.39 is 0 Å². The lowest BCUT2D eigenvalue weighted by Crippen LogP contribution is -2.48. The van der Waals surface area contributed by atoms with E-state index in [1.807, 2.05) is 12.1 Å². The van der Waals surface area contributed by atoms with Crippen LogP contribution in [0.1, 0.15) is 25.7 Å². The molecule has 2 saturated heterocycles. The van der Waals surface area contributed by atoms with Gasteiger partial charge in [-0.25, -0.2) is 0 Å². The molecule has 0 radical (unpaired) electrons. The standard InChI is InChI=1S/C21H28N4O3/c26-15-23-10-12-25(13-11-23)21(28)19-14-18(19)20(27)22-16-4-6-17(7-5-16)24-8-2-1-3-9-24/h4-7,15,18-19H,1-3,8-14H2,(H,22,27). The van der Waals surface area contributed by atoms with Crippen LogP contribution in [0.5, 0.6) is 0 Å². The van der Waals surface area contributed by atoms with Crippen LogP contribution in [-0.4, -0.2) is 67.3 Å². The molecule has 2 unspecified atom stereocenters. The van der Waals surface area contributed by atoms with Crippen LogP contribution >= 0.6 is 0 Å². The minimum Gasteiger partial charge on any atom is -0.372 e. The quantitative estimate of drug-likeness (QED) is 0.782. The predicted molar refractivity (Wildman–Crippen MR) is 107 cm³/mol. The van der Waals surface area contributed by atoms with Crippen molar-refractivity contribution in [1.29, 1.82) is 0 Å². The number of benzene rings is 1. The highest BCUT2D eigenvalue weighted by atomic mass is 16.2. The minimum atomic E-state index is -0.238. The Hall–Kier alpha value is -2.57. The van der Waals surface area contributed by atoms with Crippen LogP contribution in [0.3, 0.4) is 0 Å². The maximum absolute atomic E-state index is 12.6. The fourth-order valence-electron chi connectivity index (χ4n) is 4.18. The molecule has 3 fully saturated rings. The molecule has 150 valence electrons. The van der Waals surface area contributed by atoms with Crippen molar-refractivity contribution in [2.75, 3.05) is 49.5 Å². The second-order valence-electron chi connectivity index (χ2n) is 8.00. The molecule has 7 nitrogen and oxygen atoms in total. The van der Waals surface area contributed by atoms with Gasteiger partial charge >= 0.3 is 0 Å². The second kappa shape index (κ2) is 8.20. The number of hydrogen-bond acceptors (Lipinski definition) is 4. The maximum atomic E-state index is 12.6. The molecule has 1 aromatic rings. The smallest absolute Gasteiger partial charge is 0.228 e. The van der Waals surface area contributed by atoms with Gasteiger partial charge in [0.2, 0.25) is 18.2 Å². The lowest BCUT2D eigenvalue weighted by atomic mass is 10.1. The summed E-state index contributed by atoms with van der Waals surface area (Å²) >= 11 is 0. The third kappa shape index (κ3) is 4.13. The number of carbonyl (C=O) groups is 3. The van der Waals surface area contributed by atoms with Crippen LogP contribution < -0.4 is 10.2 Å². The van der Waals surface area contributed by atoms with Crippen molar-refractivity contribution >= 4 is 29.6 Å². The van der Waals surface area contributed by atoms with Crippen molar-refractivity contribution in [2.24, 2.45) is 11.8 Å². The van der Waals surface area contributed by atoms with Gasteiger partial charge in [-0.1, -0.05) is 0 Å². The normalized spacial score (nSPS) is 24.6. The van der Waals surface area contributed by atoms with E-state index in [-0.39, 0.29) is 23.7 Å². The van der Waals surface area contributed by atoms with E-state index in [0.717, 1.165) is 25.2 Å². The number of nitrogens with one attached hydrogen (secondary N) is 1. The van der Waals surface area contributed by atoms with Crippen LogP contribution in [0.4, 0.5) is 11.4 Å². The molecule has 2 heterocycles. The Labute approximate surface area is 165 Å². The molecule has 1 N–H and O–H groups in total. The average Bonchev–Trinajstić information content (AvgIpc) is 3.56. The average molecular weight is 384 g/mol. The maximum Gasteiger partial charge on any atom is 0.228 e. The monoisotopic (exact) mass is 384 g/mol. The largest absolute Gasteiger partial charge is 0.372 e. The molecule has 2 atom stereocenters. The molecule has 0 bridgehead atoms. The topological polar surface area (TPSA) is 73.0 Å². The number of carbonyl (C=O) groups excluding carboxylic acids is 3. The number of hydrogen-bond donors (Lipinski definition) is 1. The Kier molecular flexibility index (Phi) is 5.50. The molecule has 1 saturated carbocycles. The summed E-state index contributed by atoms with van der Waals surface area (Å²) in [5, 5.41) is 2.96. The van der Waals surface area contributed by atoms with Gasteiger partial charge in [0.1, 0.15) is 0 Å². The van der Waals surface area contributed by atoms with Gasteiger partial charge in [0.25, 0.3) is 0 Å². The summed E-state index contributed by atoms with van der Waals surface area (Å²) in [6, 6.07) is 8.01. The van der Waals surface area contributed by atoms with Gasteiger partial charge in [-0.3, -0.25) is 14.4 Å². The highest BCUT2D eigenvalue weighted by Gasteiger charge is 2.49. The highest BCUT2D eigenvalue weighted by Crippen LogP contribution is 2.41. The summed E-state index contributed by atoms with van der Waals surface area (Å²) < 4.78 is 0. The number of anilines is 2. The zero-order valence-corrected chi connectivity index (χ0v) is 16.2. The predicted octanol–water partition coefficient (Wildman–Crippen LogP) is 1.55. The highest BCUT2D eigenvalue weighted by molar-refractivity contribution is 5.99. The summed E-state index contributed by atoms with van der Waals surface area (Å²) in [5.74, 6) is -0.476. The number of amides is 3. The van der Waals surface area contributed by atoms with Crippen molar-refractivity contribution in [2.45, 2.75) is 25.7 Å². The van der Waals surface area contributed by atoms with Gasteiger partial charge in [-0.2, -0.15) is 0 Å². The Bertz CT molecular complexity index is 722. The Morgan fingerprint density at radius 3 is 2.21 bits per heavy atom. The SMILES string of the molecule is O=CN1CCN(C(=O)C2CC2C(=O)Nc2ccc(N3CCCCC3)cc2)CC1. The third-order valence-corrected chi connectivity index (χ3v) is 6.08. The Balaban J connectivity index is 1.26. The molecule has 7 heteroatoms. The van der Waals surface area contributed by atoms with Crippen molar-refractivity contribution in [1.82, 2.24) is 9.80 Å². The lowest BCUT2D eigenvalue weighted by Gasteiger charge is -2.32. The Morgan fingerprint density at radius 1 is 0.893 bits per heavy atom. The first-order valence-electron chi connectivity index (χ1n) is 10.3. The summed E-state index contributed by atoms with van der Waals surface area (Å²) in [4.78, 5) is 41.7. The molecule has 2 aliphatic heterocycles. The van der Waals surface area contributed by atoms with Crippen molar-refractivity contribution in [3.8, 4) is 0 Å². The molecular formula is C21H28N4O3. The summed E-state index contributed by atoms with van der Waals surface area (Å²) in [6.45, 7) is 4.45. The van der Waals surface area contributed by atoms with Crippen molar-refractivity contribution < 1.29 is 14.4 Å². The first kappa shape index (κ1) is 18.8. The zero-order valence-electron chi connectivity index (χ0n) is 16.2. The van der Waals surface area contributed by atoms with Crippen molar-refractivity contribution in [3.05, 3.63) is 24.3 Å². The van der Waals surface area contributed by atoms with Crippen LogP contribution in [0, 0.1) is 11.8 Å². The van der Waals surface area contributed by atoms with Gasteiger partial charge in [-0.05, 0) is 49.9 Å². The second-order valence-corrected chi connectivity index (χ2v) is 8.00. The molecule has 4 rings (SSSR count). The van der Waals surface area contributed by atoms with Gasteiger partial charge in [0, 0.05) is 50.6 Å². The molecule has 1 aromatic carbocycles. The first-order valence-corrected chi connectivity index (χ1v) is 10.3. The molecule has 1 aliphatic carbocycles. The van der Waals surface area contributed by atoms with Gasteiger partial charge in [0.05, 0.1) is 11.8 Å². The van der Waals surface area contributed by atoms with E-state index in [1.54, 1.807) is 9.80 Å². The molecule has 3 aliphatic rings. The minimum absolute atomic E-state index is 0.0474. The van der Waals surface area contributed by atoms with E-state index >= 15 is 0 Å². The van der Waals surface area contributed by atoms with Gasteiger partial charge in [-0.15, -0.1) is 0 Å². The van der Waals surface area contributed by atoms with E-state index in [9.17, 15) is 14.4 Å². The number of piperazine rings is 1. The fourth-order valence-corrected chi connectivity index (χ4v) is 4.18. The van der Waals surface area contributed by atoms with Crippen molar-refractivity contribution in [3.63, 3.8) is 0 Å². The Morgan fingerprint density at radius 2 is 1.57 bits per heavy atom. The van der Waals surface area contributed by atoms with Gasteiger partial charge < -0.3 is 20.0 Å². The van der Waals surface area contributed by atoms with E-state index in [1.165, 1.54) is 24.9 Å². The zero-order chi connectivity index (χ0) is 19.5.